The van der Waals surface area contributed by atoms with E-state index in [9.17, 15) is 12.8 Å². The zero-order valence-corrected chi connectivity index (χ0v) is 12.7. The molecular weight excluding hydrogens is 323 g/mol. The topological polar surface area (TPSA) is 43.4 Å². The highest BCUT2D eigenvalue weighted by Crippen LogP contribution is 2.22. The van der Waals surface area contributed by atoms with Gasteiger partial charge in [0.25, 0.3) is 0 Å². The molecule has 0 N–H and O–H groups in total. The largest absolute Gasteiger partial charge is 0.492 e. The average molecular weight is 339 g/mol. The zero-order chi connectivity index (χ0) is 13.8. The highest BCUT2D eigenvalue weighted by molar-refractivity contribution is 9.08. The van der Waals surface area contributed by atoms with Crippen LogP contribution in [0.5, 0.6) is 5.75 Å². The van der Waals surface area contributed by atoms with Crippen molar-refractivity contribution in [3.8, 4) is 5.75 Å². The molecule has 0 aliphatic carbocycles. The van der Waals surface area contributed by atoms with E-state index in [0.29, 0.717) is 16.6 Å². The predicted molar refractivity (Wildman–Crippen MR) is 73.4 cm³/mol. The van der Waals surface area contributed by atoms with Crippen LogP contribution in [0.4, 0.5) is 4.39 Å². The minimum atomic E-state index is -3.11. The zero-order valence-electron chi connectivity index (χ0n) is 10.3. The standard InChI is InChI=1S/C12H16BrFO3S/c1-9(2)18(15,16)6-5-17-12-4-3-11(14)7-10(12)8-13/h3-4,7,9H,5-6,8H2,1-2H3. The number of rotatable bonds is 6. The normalized spacial score (nSPS) is 11.8. The van der Waals surface area contributed by atoms with E-state index in [-0.39, 0.29) is 18.2 Å². The maximum Gasteiger partial charge on any atom is 0.155 e. The summed E-state index contributed by atoms with van der Waals surface area (Å²) in [5.41, 5.74) is 0.664. The molecule has 3 nitrogen and oxygen atoms in total. The first-order valence-electron chi connectivity index (χ1n) is 5.55. The lowest BCUT2D eigenvalue weighted by Gasteiger charge is -2.11. The minimum Gasteiger partial charge on any atom is -0.492 e. The summed E-state index contributed by atoms with van der Waals surface area (Å²) in [6, 6.07) is 4.16. The maximum atomic E-state index is 13.0. The second kappa shape index (κ2) is 6.52. The molecule has 0 amide bonds. The van der Waals surface area contributed by atoms with E-state index >= 15 is 0 Å². The predicted octanol–water partition coefficient (Wildman–Crippen LogP) is 2.92. The van der Waals surface area contributed by atoms with Crippen LogP contribution in [0.15, 0.2) is 18.2 Å². The Morgan fingerprint density at radius 2 is 2.06 bits per heavy atom. The van der Waals surface area contributed by atoms with Crippen molar-refractivity contribution in [2.75, 3.05) is 12.4 Å². The monoisotopic (exact) mass is 338 g/mol. The van der Waals surface area contributed by atoms with Gasteiger partial charge in [0, 0.05) is 10.9 Å². The molecule has 0 saturated carbocycles. The van der Waals surface area contributed by atoms with Gasteiger partial charge in [-0.05, 0) is 32.0 Å². The fraction of sp³-hybridized carbons (Fsp3) is 0.500. The lowest BCUT2D eigenvalue weighted by atomic mass is 10.2. The van der Waals surface area contributed by atoms with Crippen LogP contribution in [0.1, 0.15) is 19.4 Å². The van der Waals surface area contributed by atoms with Crippen molar-refractivity contribution in [1.82, 2.24) is 0 Å². The molecule has 0 bridgehead atoms. The molecule has 1 rings (SSSR count). The molecule has 0 heterocycles. The van der Waals surface area contributed by atoms with Crippen LogP contribution in [0, 0.1) is 5.82 Å². The first kappa shape index (κ1) is 15.4. The molecule has 0 spiro atoms. The van der Waals surface area contributed by atoms with Gasteiger partial charge in [-0.1, -0.05) is 15.9 Å². The maximum absolute atomic E-state index is 13.0. The number of hydrogen-bond acceptors (Lipinski definition) is 3. The van der Waals surface area contributed by atoms with Gasteiger partial charge in [-0.25, -0.2) is 12.8 Å². The van der Waals surface area contributed by atoms with Crippen LogP contribution in [-0.2, 0) is 15.2 Å². The van der Waals surface area contributed by atoms with E-state index in [1.165, 1.54) is 18.2 Å². The Morgan fingerprint density at radius 1 is 1.39 bits per heavy atom. The van der Waals surface area contributed by atoms with Crippen molar-refractivity contribution in [3.63, 3.8) is 0 Å². The van der Waals surface area contributed by atoms with Gasteiger partial charge in [0.05, 0.1) is 11.0 Å². The Morgan fingerprint density at radius 3 is 2.61 bits per heavy atom. The second-order valence-electron chi connectivity index (χ2n) is 4.15. The van der Waals surface area contributed by atoms with E-state index in [0.717, 1.165) is 0 Å². The third-order valence-electron chi connectivity index (χ3n) is 2.51. The fourth-order valence-electron chi connectivity index (χ4n) is 1.30. The molecule has 1 aromatic carbocycles. The van der Waals surface area contributed by atoms with Crippen molar-refractivity contribution in [2.24, 2.45) is 0 Å². The van der Waals surface area contributed by atoms with Gasteiger partial charge in [0.2, 0.25) is 0 Å². The number of sulfone groups is 1. The van der Waals surface area contributed by atoms with Crippen LogP contribution in [0.2, 0.25) is 0 Å². The molecule has 0 atom stereocenters. The Bertz CT molecular complexity index is 500. The SMILES string of the molecule is CC(C)S(=O)(=O)CCOc1ccc(F)cc1CBr. The summed E-state index contributed by atoms with van der Waals surface area (Å²) in [5.74, 6) is 0.128. The summed E-state index contributed by atoms with van der Waals surface area (Å²) < 4.78 is 41.5. The Hall–Kier alpha value is -0.620. The number of halogens is 2. The highest BCUT2D eigenvalue weighted by Gasteiger charge is 2.16. The van der Waals surface area contributed by atoms with Crippen molar-refractivity contribution in [2.45, 2.75) is 24.4 Å². The van der Waals surface area contributed by atoms with E-state index < -0.39 is 15.1 Å². The minimum absolute atomic E-state index is 0.0379. The molecule has 102 valence electrons. The molecule has 18 heavy (non-hydrogen) atoms. The Balaban J connectivity index is 2.65. The third-order valence-corrected chi connectivity index (χ3v) is 5.29. The lowest BCUT2D eigenvalue weighted by molar-refractivity contribution is 0.337. The quantitative estimate of drug-likeness (QED) is 0.749. The molecule has 0 fully saturated rings. The van der Waals surface area contributed by atoms with Gasteiger partial charge in [-0.2, -0.15) is 0 Å². The van der Waals surface area contributed by atoms with Crippen LogP contribution in [-0.4, -0.2) is 26.0 Å². The summed E-state index contributed by atoms with van der Waals surface area (Å²) >= 11 is 3.23. The van der Waals surface area contributed by atoms with E-state index in [4.69, 9.17) is 4.74 Å². The van der Waals surface area contributed by atoms with Crippen molar-refractivity contribution in [1.29, 1.82) is 0 Å². The molecule has 0 saturated heterocycles. The van der Waals surface area contributed by atoms with Gasteiger partial charge < -0.3 is 4.74 Å². The molecule has 0 aliphatic rings. The number of alkyl halides is 1. The van der Waals surface area contributed by atoms with Crippen LogP contribution < -0.4 is 4.74 Å². The first-order valence-corrected chi connectivity index (χ1v) is 8.39. The Labute approximate surface area is 115 Å². The smallest absolute Gasteiger partial charge is 0.155 e. The number of hydrogen-bond donors (Lipinski definition) is 0. The molecule has 0 aromatic heterocycles. The molecule has 1 aromatic rings. The van der Waals surface area contributed by atoms with Gasteiger partial charge in [0.1, 0.15) is 18.2 Å². The summed E-state index contributed by atoms with van der Waals surface area (Å²) in [4.78, 5) is 0. The highest BCUT2D eigenvalue weighted by atomic mass is 79.9. The van der Waals surface area contributed by atoms with Crippen molar-refractivity contribution in [3.05, 3.63) is 29.6 Å². The number of ether oxygens (including phenoxy) is 1. The third kappa shape index (κ3) is 4.24. The van der Waals surface area contributed by atoms with E-state index in [1.54, 1.807) is 13.8 Å². The first-order chi connectivity index (χ1) is 8.36. The van der Waals surface area contributed by atoms with Crippen LogP contribution in [0.25, 0.3) is 0 Å². The van der Waals surface area contributed by atoms with Crippen LogP contribution >= 0.6 is 15.9 Å². The van der Waals surface area contributed by atoms with Gasteiger partial charge in [0.15, 0.2) is 9.84 Å². The molecular formula is C12H16BrFO3S. The number of benzene rings is 1. The summed E-state index contributed by atoms with van der Waals surface area (Å²) in [6.45, 7) is 3.35. The lowest BCUT2D eigenvalue weighted by Crippen LogP contribution is -2.22. The van der Waals surface area contributed by atoms with E-state index in [2.05, 4.69) is 15.9 Å². The van der Waals surface area contributed by atoms with Gasteiger partial charge >= 0.3 is 0 Å². The fourth-order valence-corrected chi connectivity index (χ4v) is 2.52. The molecule has 0 aliphatic heterocycles. The molecule has 6 heteroatoms. The summed E-state index contributed by atoms with van der Waals surface area (Å²) in [7, 11) is -3.11. The average Bonchev–Trinajstić information content (AvgIpc) is 2.30. The summed E-state index contributed by atoms with van der Waals surface area (Å²) in [5, 5.41) is 0.0433. The second-order valence-corrected chi connectivity index (χ2v) is 7.39. The molecule has 0 radical (unpaired) electrons. The summed E-state index contributed by atoms with van der Waals surface area (Å²) in [6.07, 6.45) is 0. The van der Waals surface area contributed by atoms with Crippen LogP contribution in [0.3, 0.4) is 0 Å². The molecule has 0 unspecified atom stereocenters. The Kier molecular flexibility index (Phi) is 5.59. The van der Waals surface area contributed by atoms with Crippen molar-refractivity contribution < 1.29 is 17.5 Å². The van der Waals surface area contributed by atoms with Gasteiger partial charge in [-0.3, -0.25) is 0 Å². The van der Waals surface area contributed by atoms with Gasteiger partial charge in [-0.15, -0.1) is 0 Å². The van der Waals surface area contributed by atoms with Crippen molar-refractivity contribution >= 4 is 25.8 Å². The van der Waals surface area contributed by atoms with E-state index in [1.807, 2.05) is 0 Å².